The molecule has 6 fully saturated rings. The van der Waals surface area contributed by atoms with Crippen molar-refractivity contribution < 1.29 is 14.3 Å². The van der Waals surface area contributed by atoms with Crippen molar-refractivity contribution in [1.82, 2.24) is 10.2 Å². The summed E-state index contributed by atoms with van der Waals surface area (Å²) in [6.45, 7) is 21.4. The lowest BCUT2D eigenvalue weighted by Crippen LogP contribution is -2.64. The Labute approximate surface area is 251 Å². The van der Waals surface area contributed by atoms with Crippen LogP contribution in [0.4, 0.5) is 4.79 Å². The molecule has 10 unspecified atom stereocenters. The van der Waals surface area contributed by atoms with E-state index < -0.39 is 0 Å². The van der Waals surface area contributed by atoms with E-state index in [9.17, 15) is 4.79 Å². The van der Waals surface area contributed by atoms with Crippen LogP contribution < -0.4 is 5.32 Å². The Balaban J connectivity index is 1.12. The van der Waals surface area contributed by atoms with Crippen molar-refractivity contribution in [3.8, 4) is 0 Å². The van der Waals surface area contributed by atoms with Gasteiger partial charge in [0.2, 0.25) is 0 Å². The van der Waals surface area contributed by atoms with Crippen molar-refractivity contribution in [2.24, 2.45) is 63.1 Å². The number of ether oxygens (including phenoxy) is 2. The lowest BCUT2D eigenvalue weighted by atomic mass is 9.33. The molecule has 0 aromatic carbocycles. The Morgan fingerprint density at radius 1 is 0.927 bits per heavy atom. The highest BCUT2D eigenvalue weighted by Gasteiger charge is 2.69. The van der Waals surface area contributed by atoms with Crippen LogP contribution in [0.25, 0.3) is 0 Å². The standard InChI is InChI=1S/C36H62N2O3/c1-25-8-7-13-34(4)28(25)12-15-36(6)30(34)10-9-29-31-27(11-14-33(31,3)16-17-35(29,36)5)26(2)24-41-32(39)37-18-19-38-20-22-40-23-21-38/h25-31H,7-24H2,1-6H3,(H,37,39)/t25?,26?,27?,28?,29?,30?,31?,33?,34?,35-,36?/m1/s1. The van der Waals surface area contributed by atoms with E-state index in [-0.39, 0.29) is 6.09 Å². The number of carbonyl (C=O) groups is 1. The first-order valence-corrected chi connectivity index (χ1v) is 17.7. The lowest BCUT2D eigenvalue weighted by molar-refractivity contribution is -0.229. The molecule has 0 aromatic heterocycles. The Kier molecular flexibility index (Phi) is 8.31. The number of nitrogens with zero attached hydrogens (tertiary/aromatic N) is 1. The fourth-order valence-corrected chi connectivity index (χ4v) is 12.9. The van der Waals surface area contributed by atoms with Crippen molar-refractivity contribution in [2.75, 3.05) is 46.0 Å². The van der Waals surface area contributed by atoms with Gasteiger partial charge in [0.25, 0.3) is 0 Å². The Morgan fingerprint density at radius 2 is 1.71 bits per heavy atom. The normalized spacial score (nSPS) is 48.7. The number of hydrogen-bond acceptors (Lipinski definition) is 4. The van der Waals surface area contributed by atoms with Gasteiger partial charge in [0.05, 0.1) is 19.8 Å². The van der Waals surface area contributed by atoms with E-state index in [0.717, 1.165) is 62.4 Å². The monoisotopic (exact) mass is 570 g/mol. The molecular weight excluding hydrogens is 508 g/mol. The number of nitrogens with one attached hydrogen (secondary N) is 1. The van der Waals surface area contributed by atoms with Gasteiger partial charge in [-0.05, 0) is 121 Å². The molecule has 1 aliphatic heterocycles. The smallest absolute Gasteiger partial charge is 0.407 e. The quantitative estimate of drug-likeness (QED) is 0.354. The van der Waals surface area contributed by atoms with Gasteiger partial charge >= 0.3 is 6.09 Å². The predicted octanol–water partition coefficient (Wildman–Crippen LogP) is 7.78. The van der Waals surface area contributed by atoms with Crippen LogP contribution >= 0.6 is 0 Å². The van der Waals surface area contributed by atoms with Crippen LogP contribution in [0.5, 0.6) is 0 Å². The zero-order valence-electron chi connectivity index (χ0n) is 27.4. The second-order valence-corrected chi connectivity index (χ2v) is 16.9. The van der Waals surface area contributed by atoms with Gasteiger partial charge < -0.3 is 14.8 Å². The van der Waals surface area contributed by atoms with Crippen LogP contribution in [0.1, 0.15) is 112 Å². The molecule has 41 heavy (non-hydrogen) atoms. The average molecular weight is 571 g/mol. The molecule has 6 aliphatic rings. The summed E-state index contributed by atoms with van der Waals surface area (Å²) in [7, 11) is 0. The summed E-state index contributed by atoms with van der Waals surface area (Å²) in [4.78, 5) is 15.0. The molecule has 1 saturated heterocycles. The van der Waals surface area contributed by atoms with E-state index in [1.54, 1.807) is 0 Å². The van der Waals surface area contributed by atoms with Crippen LogP contribution in [0.15, 0.2) is 0 Å². The van der Waals surface area contributed by atoms with Gasteiger partial charge in [0.15, 0.2) is 0 Å². The molecule has 5 aliphatic carbocycles. The van der Waals surface area contributed by atoms with E-state index in [1.807, 2.05) is 0 Å². The predicted molar refractivity (Wildman–Crippen MR) is 166 cm³/mol. The molecule has 0 bridgehead atoms. The fraction of sp³-hybridized carbons (Fsp3) is 0.972. The van der Waals surface area contributed by atoms with Gasteiger partial charge in [-0.1, -0.05) is 54.4 Å². The maximum Gasteiger partial charge on any atom is 0.407 e. The van der Waals surface area contributed by atoms with Gasteiger partial charge in [-0.25, -0.2) is 4.79 Å². The molecule has 0 spiro atoms. The summed E-state index contributed by atoms with van der Waals surface area (Å²) in [5.41, 5.74) is 1.92. The van der Waals surface area contributed by atoms with Crippen molar-refractivity contribution in [3.05, 3.63) is 0 Å². The highest BCUT2D eigenvalue weighted by Crippen LogP contribution is 2.76. The van der Waals surface area contributed by atoms with E-state index in [0.29, 0.717) is 46.6 Å². The topological polar surface area (TPSA) is 50.8 Å². The van der Waals surface area contributed by atoms with Crippen LogP contribution in [0.2, 0.25) is 0 Å². The molecule has 11 atom stereocenters. The number of amides is 1. The minimum Gasteiger partial charge on any atom is -0.449 e. The summed E-state index contributed by atoms with van der Waals surface area (Å²) in [6.07, 6.45) is 15.4. The molecule has 5 saturated carbocycles. The molecule has 1 N–H and O–H groups in total. The molecule has 5 nitrogen and oxygen atoms in total. The number of rotatable bonds is 6. The second kappa shape index (κ2) is 11.3. The summed E-state index contributed by atoms with van der Waals surface area (Å²) >= 11 is 0. The van der Waals surface area contributed by atoms with Crippen molar-refractivity contribution in [2.45, 2.75) is 112 Å². The maximum absolute atomic E-state index is 12.6. The molecule has 0 aromatic rings. The number of fused-ring (bicyclic) bond motifs is 7. The zero-order valence-corrected chi connectivity index (χ0v) is 27.4. The number of carbonyl (C=O) groups excluding carboxylic acids is 1. The summed E-state index contributed by atoms with van der Waals surface area (Å²) in [5.74, 6) is 5.44. The van der Waals surface area contributed by atoms with E-state index >= 15 is 0 Å². The van der Waals surface area contributed by atoms with Crippen molar-refractivity contribution >= 4 is 6.09 Å². The number of morpholine rings is 1. The zero-order chi connectivity index (χ0) is 29.0. The summed E-state index contributed by atoms with van der Waals surface area (Å²) < 4.78 is 11.3. The summed E-state index contributed by atoms with van der Waals surface area (Å²) in [5, 5.41) is 3.01. The Bertz CT molecular complexity index is 951. The second-order valence-electron chi connectivity index (χ2n) is 16.9. The van der Waals surface area contributed by atoms with Crippen LogP contribution in [-0.4, -0.2) is 57.0 Å². The van der Waals surface area contributed by atoms with Crippen molar-refractivity contribution in [1.29, 1.82) is 0 Å². The highest BCUT2D eigenvalue weighted by molar-refractivity contribution is 5.67. The van der Waals surface area contributed by atoms with Gasteiger partial charge in [-0.2, -0.15) is 0 Å². The lowest BCUT2D eigenvalue weighted by Gasteiger charge is -2.72. The van der Waals surface area contributed by atoms with Gasteiger partial charge in [-0.3, -0.25) is 4.90 Å². The maximum atomic E-state index is 12.6. The van der Waals surface area contributed by atoms with E-state index in [1.165, 1.54) is 70.6 Å². The molecule has 6 rings (SSSR count). The largest absolute Gasteiger partial charge is 0.449 e. The van der Waals surface area contributed by atoms with E-state index in [2.05, 4.69) is 51.8 Å². The van der Waals surface area contributed by atoms with Gasteiger partial charge in [0.1, 0.15) is 0 Å². The molecule has 1 amide bonds. The summed E-state index contributed by atoms with van der Waals surface area (Å²) in [6, 6.07) is 0. The molecule has 234 valence electrons. The third kappa shape index (κ3) is 4.99. The first-order chi connectivity index (χ1) is 19.5. The van der Waals surface area contributed by atoms with Crippen LogP contribution in [0, 0.1) is 63.1 Å². The van der Waals surface area contributed by atoms with Crippen LogP contribution in [0.3, 0.4) is 0 Å². The van der Waals surface area contributed by atoms with Gasteiger partial charge in [0, 0.05) is 26.2 Å². The first kappa shape index (κ1) is 30.2. The third-order valence-electron chi connectivity index (χ3n) is 15.3. The number of hydrogen-bond donors (Lipinski definition) is 1. The van der Waals surface area contributed by atoms with Gasteiger partial charge in [-0.15, -0.1) is 0 Å². The molecule has 5 heteroatoms. The molecule has 0 radical (unpaired) electrons. The highest BCUT2D eigenvalue weighted by atomic mass is 16.5. The minimum absolute atomic E-state index is 0.237. The van der Waals surface area contributed by atoms with Crippen LogP contribution in [-0.2, 0) is 9.47 Å². The van der Waals surface area contributed by atoms with E-state index in [4.69, 9.17) is 9.47 Å². The fourth-order valence-electron chi connectivity index (χ4n) is 12.9. The third-order valence-corrected chi connectivity index (χ3v) is 15.3. The molecular formula is C36H62N2O3. The van der Waals surface area contributed by atoms with Crippen molar-refractivity contribution in [3.63, 3.8) is 0 Å². The Hall–Kier alpha value is -0.810. The Morgan fingerprint density at radius 3 is 2.49 bits per heavy atom. The minimum atomic E-state index is -0.237. The average Bonchev–Trinajstić information content (AvgIpc) is 3.30. The first-order valence-electron chi connectivity index (χ1n) is 17.7. The SMILES string of the molecule is CC(COC(=O)NCCN1CCOCC1)C1CCC2(C)CC[C@]3(C)C(CCC4C5(C)CCCC(C)C5CCC43C)C12. The molecule has 1 heterocycles. The number of alkyl carbamates (subject to hydrolysis) is 1.